The summed E-state index contributed by atoms with van der Waals surface area (Å²) in [6.07, 6.45) is -0.281. The zero-order valence-corrected chi connectivity index (χ0v) is 10.1. The van der Waals surface area contributed by atoms with Gasteiger partial charge in [-0.3, -0.25) is 4.79 Å². The Kier molecular flexibility index (Phi) is 4.93. The third kappa shape index (κ3) is 3.72. The molecule has 0 aliphatic carbocycles. The lowest BCUT2D eigenvalue weighted by molar-refractivity contribution is -0.114. The lowest BCUT2D eigenvalue weighted by Crippen LogP contribution is -2.12. The molecule has 0 aliphatic heterocycles. The van der Waals surface area contributed by atoms with E-state index in [1.165, 1.54) is 6.92 Å². The number of aliphatic hydroxyl groups is 1. The van der Waals surface area contributed by atoms with Crippen LogP contribution in [0.4, 0.5) is 5.69 Å². The molecule has 0 heterocycles. The summed E-state index contributed by atoms with van der Waals surface area (Å²) >= 11 is 0. The zero-order valence-electron chi connectivity index (χ0n) is 10.1. The van der Waals surface area contributed by atoms with Crippen LogP contribution in [-0.2, 0) is 4.79 Å². The van der Waals surface area contributed by atoms with Gasteiger partial charge in [-0.25, -0.2) is 0 Å². The van der Waals surface area contributed by atoms with Gasteiger partial charge in [-0.05, 0) is 31.2 Å². The fourth-order valence-corrected chi connectivity index (χ4v) is 1.56. The average Bonchev–Trinajstić information content (AvgIpc) is 2.29. The van der Waals surface area contributed by atoms with Gasteiger partial charge in [-0.1, -0.05) is 0 Å². The average molecular weight is 238 g/mol. The third-order valence-corrected chi connectivity index (χ3v) is 2.37. The van der Waals surface area contributed by atoms with E-state index in [0.29, 0.717) is 30.0 Å². The zero-order chi connectivity index (χ0) is 12.8. The number of hydrogen-bond acceptors (Lipinski definition) is 4. The van der Waals surface area contributed by atoms with Crippen molar-refractivity contribution < 1.29 is 14.6 Å². The van der Waals surface area contributed by atoms with Crippen molar-refractivity contribution in [1.82, 2.24) is 0 Å². The number of hydrogen-bond donors (Lipinski definition) is 3. The van der Waals surface area contributed by atoms with E-state index in [-0.39, 0.29) is 5.91 Å². The van der Waals surface area contributed by atoms with Crippen LogP contribution in [0.1, 0.15) is 25.0 Å². The van der Waals surface area contributed by atoms with Crippen molar-refractivity contribution in [1.29, 1.82) is 0 Å². The second kappa shape index (κ2) is 6.22. The number of nitrogens with two attached hydrogens (primary N) is 1. The van der Waals surface area contributed by atoms with Gasteiger partial charge in [0.05, 0.1) is 13.2 Å². The van der Waals surface area contributed by atoms with Gasteiger partial charge in [0.1, 0.15) is 5.75 Å². The number of amides is 1. The Morgan fingerprint density at radius 3 is 2.82 bits per heavy atom. The first-order valence-corrected chi connectivity index (χ1v) is 5.42. The Morgan fingerprint density at radius 1 is 1.59 bits per heavy atom. The molecule has 0 saturated carbocycles. The molecule has 0 aromatic heterocycles. The van der Waals surface area contributed by atoms with E-state index < -0.39 is 6.10 Å². The smallest absolute Gasteiger partial charge is 0.221 e. The number of anilines is 1. The van der Waals surface area contributed by atoms with E-state index in [9.17, 15) is 9.90 Å². The topological polar surface area (TPSA) is 84.6 Å². The van der Waals surface area contributed by atoms with Gasteiger partial charge in [-0.2, -0.15) is 0 Å². The number of ether oxygens (including phenoxy) is 1. The summed E-state index contributed by atoms with van der Waals surface area (Å²) in [4.78, 5) is 11.1. The molecule has 1 amide bonds. The number of benzene rings is 1. The Balaban J connectivity index is 3.06. The highest BCUT2D eigenvalue weighted by Crippen LogP contribution is 2.29. The fourth-order valence-electron chi connectivity index (χ4n) is 1.56. The maximum absolute atomic E-state index is 11.1. The van der Waals surface area contributed by atoms with E-state index in [1.807, 2.05) is 0 Å². The molecule has 0 fully saturated rings. The predicted molar refractivity (Wildman–Crippen MR) is 65.9 cm³/mol. The molecule has 5 heteroatoms. The minimum absolute atomic E-state index is 0.184. The fraction of sp³-hybridized carbons (Fsp3) is 0.417. The van der Waals surface area contributed by atoms with Crippen LogP contribution in [0.2, 0.25) is 0 Å². The molecule has 0 radical (unpaired) electrons. The lowest BCUT2D eigenvalue weighted by Gasteiger charge is -2.16. The van der Waals surface area contributed by atoms with Gasteiger partial charge in [0.15, 0.2) is 0 Å². The van der Waals surface area contributed by atoms with Crippen molar-refractivity contribution >= 4 is 11.6 Å². The Morgan fingerprint density at radius 2 is 2.29 bits per heavy atom. The molecule has 1 rings (SSSR count). The van der Waals surface area contributed by atoms with Crippen LogP contribution in [0, 0.1) is 0 Å². The molecule has 0 spiro atoms. The van der Waals surface area contributed by atoms with Gasteiger partial charge in [-0.15, -0.1) is 0 Å². The van der Waals surface area contributed by atoms with Crippen molar-refractivity contribution in [3.05, 3.63) is 23.8 Å². The molecule has 1 aromatic rings. The van der Waals surface area contributed by atoms with E-state index in [0.717, 1.165) is 0 Å². The monoisotopic (exact) mass is 238 g/mol. The summed E-state index contributed by atoms with van der Waals surface area (Å²) in [5, 5.41) is 12.6. The summed E-state index contributed by atoms with van der Waals surface area (Å²) in [6, 6.07) is 5.13. The van der Waals surface area contributed by atoms with Crippen LogP contribution in [-0.4, -0.2) is 24.7 Å². The van der Waals surface area contributed by atoms with E-state index in [4.69, 9.17) is 10.5 Å². The van der Waals surface area contributed by atoms with Crippen LogP contribution < -0.4 is 15.8 Å². The summed E-state index contributed by atoms with van der Waals surface area (Å²) in [6.45, 7) is 1.79. The predicted octanol–water partition coefficient (Wildman–Crippen LogP) is 1.04. The first kappa shape index (κ1) is 13.5. The maximum Gasteiger partial charge on any atom is 0.221 e. The summed E-state index contributed by atoms with van der Waals surface area (Å²) in [7, 11) is 1.55. The van der Waals surface area contributed by atoms with Gasteiger partial charge >= 0.3 is 0 Å². The highest BCUT2D eigenvalue weighted by atomic mass is 16.5. The van der Waals surface area contributed by atoms with Crippen molar-refractivity contribution in [2.75, 3.05) is 19.0 Å². The minimum Gasteiger partial charge on any atom is -0.497 e. The maximum atomic E-state index is 11.1. The van der Waals surface area contributed by atoms with E-state index >= 15 is 0 Å². The highest BCUT2D eigenvalue weighted by Gasteiger charge is 2.13. The summed E-state index contributed by atoms with van der Waals surface area (Å²) in [5.41, 5.74) is 6.61. The molecule has 17 heavy (non-hydrogen) atoms. The molecule has 0 saturated heterocycles. The Bertz CT molecular complexity index is 393. The van der Waals surface area contributed by atoms with Crippen LogP contribution in [0.25, 0.3) is 0 Å². The number of rotatable bonds is 5. The molecule has 94 valence electrons. The largest absolute Gasteiger partial charge is 0.497 e. The molecule has 4 N–H and O–H groups in total. The molecule has 0 bridgehead atoms. The number of aliphatic hydroxyl groups excluding tert-OH is 1. The number of carbonyl (C=O) groups is 1. The minimum atomic E-state index is -0.711. The molecule has 0 aliphatic rings. The quantitative estimate of drug-likeness (QED) is 0.715. The molecule has 1 unspecified atom stereocenters. The molecule has 1 atom stereocenters. The van der Waals surface area contributed by atoms with Gasteiger partial charge < -0.3 is 20.9 Å². The Labute approximate surface area is 101 Å². The van der Waals surface area contributed by atoms with E-state index in [2.05, 4.69) is 5.32 Å². The first-order chi connectivity index (χ1) is 8.08. The summed E-state index contributed by atoms with van der Waals surface area (Å²) in [5.74, 6) is 0.446. The van der Waals surface area contributed by atoms with Gasteiger partial charge in [0, 0.05) is 18.2 Å². The van der Waals surface area contributed by atoms with Crippen LogP contribution in [0.15, 0.2) is 18.2 Å². The SMILES string of the molecule is COc1ccc(NC(C)=O)c(C(O)CCN)c1. The van der Waals surface area contributed by atoms with Crippen LogP contribution >= 0.6 is 0 Å². The first-order valence-electron chi connectivity index (χ1n) is 5.42. The number of carbonyl (C=O) groups excluding carboxylic acids is 1. The number of nitrogens with one attached hydrogen (secondary N) is 1. The molecular formula is C12H18N2O3. The summed E-state index contributed by atoms with van der Waals surface area (Å²) < 4.78 is 5.09. The Hall–Kier alpha value is -1.59. The third-order valence-electron chi connectivity index (χ3n) is 2.37. The van der Waals surface area contributed by atoms with Crippen molar-refractivity contribution in [2.45, 2.75) is 19.4 Å². The lowest BCUT2D eigenvalue weighted by atomic mass is 10.0. The van der Waals surface area contributed by atoms with Crippen molar-refractivity contribution in [2.24, 2.45) is 5.73 Å². The van der Waals surface area contributed by atoms with Crippen molar-refractivity contribution in [3.63, 3.8) is 0 Å². The number of methoxy groups -OCH3 is 1. The molecule has 1 aromatic carbocycles. The second-order valence-corrected chi connectivity index (χ2v) is 3.73. The molecular weight excluding hydrogens is 220 g/mol. The normalized spacial score (nSPS) is 12.0. The highest BCUT2D eigenvalue weighted by molar-refractivity contribution is 5.89. The van der Waals surface area contributed by atoms with Gasteiger partial charge in [0.25, 0.3) is 0 Å². The van der Waals surface area contributed by atoms with Crippen molar-refractivity contribution in [3.8, 4) is 5.75 Å². The van der Waals surface area contributed by atoms with E-state index in [1.54, 1.807) is 25.3 Å². The standard InChI is InChI=1S/C12H18N2O3/c1-8(15)14-11-4-3-9(17-2)7-10(11)12(16)5-6-13/h3-4,7,12,16H,5-6,13H2,1-2H3,(H,14,15). The molecule has 5 nitrogen and oxygen atoms in total. The second-order valence-electron chi connectivity index (χ2n) is 3.73. The van der Waals surface area contributed by atoms with Crippen LogP contribution in [0.3, 0.4) is 0 Å². The van der Waals surface area contributed by atoms with Crippen LogP contribution in [0.5, 0.6) is 5.75 Å². The van der Waals surface area contributed by atoms with Gasteiger partial charge in [0.2, 0.25) is 5.91 Å².